The number of rotatable bonds is 8. The number of alkyl halides is 2. The molecule has 0 spiro atoms. The molecule has 0 amide bonds. The average Bonchev–Trinajstić information content (AvgIpc) is 3.63. The molecule has 2 atom stereocenters. The van der Waals surface area contributed by atoms with E-state index in [2.05, 4.69) is 35.9 Å². The summed E-state index contributed by atoms with van der Waals surface area (Å²) in [5.41, 5.74) is 7.13. The molecule has 6 rings (SSSR count). The van der Waals surface area contributed by atoms with Gasteiger partial charge in [-0.1, -0.05) is 0 Å². The van der Waals surface area contributed by atoms with E-state index in [-0.39, 0.29) is 22.3 Å². The number of nitrogens with one attached hydrogen (secondary N) is 1. The van der Waals surface area contributed by atoms with E-state index in [1.807, 2.05) is 30.3 Å². The third-order valence-corrected chi connectivity index (χ3v) is 12.0. The number of carbonyl (C=O) groups excluding carboxylic acids is 1. The van der Waals surface area contributed by atoms with Crippen LogP contribution in [0.15, 0.2) is 54.7 Å². The molecule has 0 saturated heterocycles. The van der Waals surface area contributed by atoms with Gasteiger partial charge in [0.1, 0.15) is 0 Å². The standard InChI is InChI=1S/C31H29IN4O3/c1-4-32(3)24-15-27(30-22(18(2)37)6-5-7-23(30)19-8-9-19)36-26-14-20(10-12-25(26)35-31(24)36)21-11-13-28(33-16-21)34-17-29(38)39/h1,5-7,10-14,16,19,24,27H,8-9,15,17H2,2-3H3,(H,33,34)(H,38,39)/t24-,27-/m1/s1. The van der Waals surface area contributed by atoms with E-state index in [9.17, 15) is 9.59 Å². The molecule has 4 aromatic rings. The Hall–Kier alpha value is -3.71. The predicted molar refractivity (Wildman–Crippen MR) is 162 cm³/mol. The van der Waals surface area contributed by atoms with Gasteiger partial charge in [0.25, 0.3) is 0 Å². The number of terminal acetylenes is 1. The fourth-order valence-corrected chi connectivity index (χ4v) is 8.65. The van der Waals surface area contributed by atoms with E-state index in [1.165, 1.54) is 5.56 Å². The van der Waals surface area contributed by atoms with Crippen molar-refractivity contribution in [2.75, 3.05) is 16.8 Å². The molecule has 1 saturated carbocycles. The van der Waals surface area contributed by atoms with Gasteiger partial charge in [-0.25, -0.2) is 0 Å². The average molecular weight is 633 g/mol. The zero-order valence-electron chi connectivity index (χ0n) is 21.8. The van der Waals surface area contributed by atoms with Crippen molar-refractivity contribution in [3.63, 3.8) is 0 Å². The zero-order valence-corrected chi connectivity index (χ0v) is 24.0. The molecule has 1 fully saturated rings. The Morgan fingerprint density at radius 1 is 1.18 bits per heavy atom. The maximum absolute atomic E-state index is 12.9. The van der Waals surface area contributed by atoms with Crippen LogP contribution in [-0.4, -0.2) is 42.9 Å². The number of Topliss-reactive ketones (excluding diaryl/α,β-unsaturated/α-hetero) is 1. The summed E-state index contributed by atoms with van der Waals surface area (Å²) >= 11 is -1.75. The van der Waals surface area contributed by atoms with Crippen molar-refractivity contribution >= 4 is 48.4 Å². The Labute approximate surface area is 234 Å². The summed E-state index contributed by atoms with van der Waals surface area (Å²) in [4.78, 5) is 35.5. The Morgan fingerprint density at radius 2 is 1.97 bits per heavy atom. The molecule has 2 aliphatic rings. The molecule has 198 valence electrons. The number of carboxylic acids is 1. The molecule has 0 radical (unpaired) electrons. The van der Waals surface area contributed by atoms with Crippen LogP contribution in [0.4, 0.5) is 5.82 Å². The number of carboxylic acid groups (broad SMARTS) is 1. The first-order valence-corrected chi connectivity index (χ1v) is 17.5. The van der Waals surface area contributed by atoms with Crippen LogP contribution in [0, 0.1) is 10.4 Å². The summed E-state index contributed by atoms with van der Waals surface area (Å²) in [7, 11) is 0. The second-order valence-electron chi connectivity index (χ2n) is 10.2. The van der Waals surface area contributed by atoms with Gasteiger partial charge in [0, 0.05) is 0 Å². The Morgan fingerprint density at radius 3 is 2.64 bits per heavy atom. The number of benzene rings is 2. The summed E-state index contributed by atoms with van der Waals surface area (Å²) in [6, 6.07) is 16.2. The van der Waals surface area contributed by atoms with Gasteiger partial charge in [0.2, 0.25) is 0 Å². The van der Waals surface area contributed by atoms with Gasteiger partial charge < -0.3 is 5.11 Å². The Bertz CT molecular complexity index is 1650. The van der Waals surface area contributed by atoms with Crippen molar-refractivity contribution in [1.82, 2.24) is 14.5 Å². The molecular formula is C31H29IN4O3. The first kappa shape index (κ1) is 25.6. The maximum atomic E-state index is 12.9. The second kappa shape index (κ2) is 10.1. The van der Waals surface area contributed by atoms with Crippen molar-refractivity contribution in [3.05, 3.63) is 77.2 Å². The number of aliphatic carboxylic acids is 1. The fourth-order valence-electron chi connectivity index (χ4n) is 5.70. The number of aromatic nitrogens is 3. The number of hydrogen-bond donors (Lipinski definition) is 2. The number of ketones is 1. The van der Waals surface area contributed by atoms with Crippen molar-refractivity contribution in [1.29, 1.82) is 0 Å². The first-order valence-electron chi connectivity index (χ1n) is 13.0. The van der Waals surface area contributed by atoms with Crippen LogP contribution in [0.3, 0.4) is 0 Å². The van der Waals surface area contributed by atoms with Crippen molar-refractivity contribution in [3.8, 4) is 21.5 Å². The molecule has 0 unspecified atom stereocenters. The molecule has 3 heterocycles. The van der Waals surface area contributed by atoms with E-state index in [4.69, 9.17) is 16.5 Å². The molecule has 2 N–H and O–H groups in total. The van der Waals surface area contributed by atoms with Crippen LogP contribution >= 0.6 is 19.8 Å². The van der Waals surface area contributed by atoms with Gasteiger partial charge in [0.05, 0.1) is 0 Å². The zero-order chi connectivity index (χ0) is 27.3. The van der Waals surface area contributed by atoms with Gasteiger partial charge in [-0.3, -0.25) is 4.79 Å². The third kappa shape index (κ3) is 4.69. The number of fused-ring (bicyclic) bond motifs is 3. The number of pyridine rings is 1. The number of nitrogens with zero attached hydrogens (tertiary/aromatic N) is 3. The number of hydrogen-bond acceptors (Lipinski definition) is 5. The molecule has 1 aliphatic carbocycles. The van der Waals surface area contributed by atoms with E-state index < -0.39 is 25.8 Å². The number of carbonyl (C=O) groups is 2. The molecule has 1 aliphatic heterocycles. The van der Waals surface area contributed by atoms with Crippen molar-refractivity contribution in [2.24, 2.45) is 0 Å². The first-order chi connectivity index (χ1) is 18.9. The SMILES string of the molecule is C#CI(C)[C@@H]1C[C@H](c2c(C(C)=O)cccc2C2CC2)n2c1nc1ccc(-c3ccc(NCC(=O)O)nc3)cc12. The monoisotopic (exact) mass is 632 g/mol. The Kier molecular flexibility index (Phi) is 6.63. The van der Waals surface area contributed by atoms with Crippen molar-refractivity contribution in [2.45, 2.75) is 42.1 Å². The van der Waals surface area contributed by atoms with E-state index in [0.29, 0.717) is 11.7 Å². The van der Waals surface area contributed by atoms with Crippen LogP contribution in [-0.2, 0) is 4.79 Å². The molecule has 7 nitrogen and oxygen atoms in total. The summed E-state index contributed by atoms with van der Waals surface area (Å²) < 4.78 is 5.70. The van der Waals surface area contributed by atoms with Gasteiger partial charge in [-0.05, 0) is 0 Å². The summed E-state index contributed by atoms with van der Waals surface area (Å²) in [5.74, 6) is 1.22. The quantitative estimate of drug-likeness (QED) is 0.101. The normalized spacial score (nSPS) is 18.4. The minimum atomic E-state index is -1.75. The molecule has 39 heavy (non-hydrogen) atoms. The molecule has 2 aromatic heterocycles. The fraction of sp³-hybridized carbons (Fsp3) is 0.290. The number of halogens is 1. The van der Waals surface area contributed by atoms with Gasteiger partial charge in [-0.2, -0.15) is 0 Å². The predicted octanol–water partition coefficient (Wildman–Crippen LogP) is 6.44. The van der Waals surface area contributed by atoms with Gasteiger partial charge in [-0.15, -0.1) is 0 Å². The van der Waals surface area contributed by atoms with Crippen LogP contribution in [0.1, 0.15) is 69.4 Å². The molecular weight excluding hydrogens is 603 g/mol. The van der Waals surface area contributed by atoms with Gasteiger partial charge >= 0.3 is 225 Å². The second-order valence-corrected chi connectivity index (χ2v) is 15.3. The molecule has 8 heteroatoms. The van der Waals surface area contributed by atoms with Crippen LogP contribution < -0.4 is 5.32 Å². The van der Waals surface area contributed by atoms with Crippen LogP contribution in [0.5, 0.6) is 0 Å². The summed E-state index contributed by atoms with van der Waals surface area (Å²) in [6.07, 6.45) is 10.9. The summed E-state index contributed by atoms with van der Waals surface area (Å²) in [6.45, 7) is 1.47. The van der Waals surface area contributed by atoms with E-state index in [0.717, 1.165) is 58.4 Å². The number of anilines is 1. The van der Waals surface area contributed by atoms with Crippen LogP contribution in [0.2, 0.25) is 0 Å². The molecule has 2 aromatic carbocycles. The van der Waals surface area contributed by atoms with Crippen LogP contribution in [0.25, 0.3) is 22.2 Å². The third-order valence-electron chi connectivity index (χ3n) is 7.69. The molecule has 0 bridgehead atoms. The summed E-state index contributed by atoms with van der Waals surface area (Å²) in [5, 5.41) is 11.7. The van der Waals surface area contributed by atoms with Crippen molar-refractivity contribution < 1.29 is 14.7 Å². The minimum absolute atomic E-state index is 0.00905. The number of imidazole rings is 1. The van der Waals surface area contributed by atoms with E-state index >= 15 is 0 Å². The van der Waals surface area contributed by atoms with E-state index in [1.54, 1.807) is 19.2 Å². The Balaban J connectivity index is 1.48. The van der Waals surface area contributed by atoms with Gasteiger partial charge in [0.15, 0.2) is 0 Å². The topological polar surface area (TPSA) is 97.1 Å².